The molecule has 5 heteroatoms. The van der Waals surface area contributed by atoms with Crippen molar-refractivity contribution in [3.63, 3.8) is 0 Å². The molecule has 4 atom stereocenters. The summed E-state index contributed by atoms with van der Waals surface area (Å²) in [7, 11) is 2.23. The molecule has 1 N–H and O–H groups in total. The molecule has 34 heavy (non-hydrogen) atoms. The van der Waals surface area contributed by atoms with Crippen LogP contribution in [-0.4, -0.2) is 53.7 Å². The van der Waals surface area contributed by atoms with Gasteiger partial charge in [-0.1, -0.05) is 36.4 Å². The summed E-state index contributed by atoms with van der Waals surface area (Å²) in [6.07, 6.45) is 5.91. The van der Waals surface area contributed by atoms with E-state index in [4.69, 9.17) is 9.47 Å². The van der Waals surface area contributed by atoms with Gasteiger partial charge >= 0.3 is 0 Å². The van der Waals surface area contributed by atoms with E-state index in [9.17, 15) is 9.90 Å². The number of Topliss-reactive ketones (excluding diaryl/α,β-unsaturated/α-hetero) is 1. The lowest BCUT2D eigenvalue weighted by Crippen LogP contribution is -2.72. The van der Waals surface area contributed by atoms with Crippen molar-refractivity contribution in [1.82, 2.24) is 4.90 Å². The van der Waals surface area contributed by atoms with Crippen molar-refractivity contribution in [2.24, 2.45) is 5.92 Å². The van der Waals surface area contributed by atoms with Crippen LogP contribution in [0, 0.1) is 5.92 Å². The lowest BCUT2D eigenvalue weighted by atomic mass is 9.52. The third kappa shape index (κ3) is 3.24. The second-order valence-corrected chi connectivity index (χ2v) is 11.0. The summed E-state index contributed by atoms with van der Waals surface area (Å²) < 4.78 is 13.3. The van der Waals surface area contributed by atoms with Gasteiger partial charge in [-0.2, -0.15) is 0 Å². The molecule has 2 fully saturated rings. The maximum Gasteiger partial charge on any atom is 0.174 e. The molecule has 1 heterocycles. The zero-order valence-electron chi connectivity index (χ0n) is 20.3. The van der Waals surface area contributed by atoms with Gasteiger partial charge in [-0.25, -0.2) is 0 Å². The summed E-state index contributed by atoms with van der Waals surface area (Å²) in [5.41, 5.74) is 2.37. The van der Waals surface area contributed by atoms with Crippen LogP contribution in [0.3, 0.4) is 0 Å². The number of phenolic OH excluding ortho intramolecular Hbond substituents is 1. The normalized spacial score (nSPS) is 31.4. The molecule has 0 radical (unpaired) electrons. The number of phenols is 1. The maximum atomic E-state index is 13.2. The first-order valence-electron chi connectivity index (χ1n) is 12.9. The summed E-state index contributed by atoms with van der Waals surface area (Å²) in [4.78, 5) is 15.7. The van der Waals surface area contributed by atoms with Crippen molar-refractivity contribution >= 4 is 5.78 Å². The third-order valence-electron chi connectivity index (χ3n) is 8.96. The van der Waals surface area contributed by atoms with Crippen molar-refractivity contribution < 1.29 is 19.4 Å². The van der Waals surface area contributed by atoms with Crippen LogP contribution in [0.2, 0.25) is 0 Å². The Morgan fingerprint density at radius 2 is 1.97 bits per heavy atom. The first-order chi connectivity index (χ1) is 16.4. The minimum atomic E-state index is -0.612. The van der Waals surface area contributed by atoms with Gasteiger partial charge in [-0.05, 0) is 75.6 Å². The molecule has 1 aliphatic heterocycles. The van der Waals surface area contributed by atoms with Gasteiger partial charge in [-0.15, -0.1) is 0 Å². The van der Waals surface area contributed by atoms with Gasteiger partial charge in [0.2, 0.25) is 0 Å². The number of ketones is 1. The van der Waals surface area contributed by atoms with Gasteiger partial charge in [-0.3, -0.25) is 9.69 Å². The number of benzene rings is 2. The van der Waals surface area contributed by atoms with E-state index in [1.54, 1.807) is 6.07 Å². The average molecular weight is 462 g/mol. The number of aryl methyl sites for hydroxylation is 1. The number of carbonyl (C=O) groups is 1. The molecule has 0 amide bonds. The van der Waals surface area contributed by atoms with Crippen LogP contribution in [0.4, 0.5) is 0 Å². The van der Waals surface area contributed by atoms with Crippen molar-refractivity contribution in [2.45, 2.75) is 75.0 Å². The van der Waals surface area contributed by atoms with Gasteiger partial charge in [0.15, 0.2) is 23.4 Å². The molecule has 3 aliphatic carbocycles. The van der Waals surface area contributed by atoms with E-state index in [1.165, 1.54) is 24.0 Å². The van der Waals surface area contributed by atoms with Crippen molar-refractivity contribution in [1.29, 1.82) is 0 Å². The molecule has 2 aromatic rings. The maximum absolute atomic E-state index is 13.2. The molecular formula is C29H35NO4. The zero-order chi connectivity index (χ0) is 23.5. The molecule has 2 saturated carbocycles. The second kappa shape index (κ2) is 8.10. The highest BCUT2D eigenvalue weighted by Crippen LogP contribution is 2.62. The molecule has 4 aliphatic rings. The Labute approximate surface area is 202 Å². The average Bonchev–Trinajstić information content (AvgIpc) is 3.58. The van der Waals surface area contributed by atoms with Crippen LogP contribution in [0.15, 0.2) is 42.5 Å². The van der Waals surface area contributed by atoms with E-state index in [0.29, 0.717) is 25.2 Å². The summed E-state index contributed by atoms with van der Waals surface area (Å²) in [5, 5.41) is 10.7. The van der Waals surface area contributed by atoms with Crippen LogP contribution >= 0.6 is 0 Å². The number of nitrogens with zero attached hydrogens (tertiary/aromatic N) is 1. The predicted molar refractivity (Wildman–Crippen MR) is 130 cm³/mol. The lowest BCUT2D eigenvalue weighted by molar-refractivity contribution is -0.188. The van der Waals surface area contributed by atoms with Gasteiger partial charge in [0.25, 0.3) is 0 Å². The molecule has 180 valence electrons. The first-order valence-corrected chi connectivity index (χ1v) is 12.9. The van der Waals surface area contributed by atoms with E-state index < -0.39 is 17.1 Å². The summed E-state index contributed by atoms with van der Waals surface area (Å²) in [6, 6.07) is 14.5. The topological polar surface area (TPSA) is 59.0 Å². The Kier molecular flexibility index (Phi) is 5.27. The molecule has 0 spiro atoms. The van der Waals surface area contributed by atoms with Gasteiger partial charge in [0.1, 0.15) is 0 Å². The molecule has 2 aromatic carbocycles. The Balaban J connectivity index is 1.38. The SMILES string of the molecule is CN(CC1CC1)C1Cc2ccc(O)c3c2C2(C)[C@@H](O3)C(=O)CC[C@@]12OCCCc1ccccc1. The largest absolute Gasteiger partial charge is 0.504 e. The van der Waals surface area contributed by atoms with Crippen LogP contribution < -0.4 is 4.74 Å². The highest BCUT2D eigenvalue weighted by atomic mass is 16.5. The number of ether oxygens (including phenoxy) is 2. The number of carbonyl (C=O) groups excluding carboxylic acids is 1. The van der Waals surface area contributed by atoms with Gasteiger partial charge in [0, 0.05) is 31.2 Å². The zero-order valence-corrected chi connectivity index (χ0v) is 20.3. The van der Waals surface area contributed by atoms with E-state index in [2.05, 4.69) is 43.1 Å². The number of hydrogen-bond donors (Lipinski definition) is 1. The molecule has 2 unspecified atom stereocenters. The first kappa shape index (κ1) is 22.1. The van der Waals surface area contributed by atoms with Gasteiger partial charge < -0.3 is 14.6 Å². The Morgan fingerprint density at radius 3 is 2.74 bits per heavy atom. The minimum absolute atomic E-state index is 0.123. The molecule has 6 rings (SSSR count). The molecule has 5 nitrogen and oxygen atoms in total. The summed E-state index contributed by atoms with van der Waals surface area (Å²) >= 11 is 0. The van der Waals surface area contributed by atoms with Crippen LogP contribution in [0.25, 0.3) is 0 Å². The highest BCUT2D eigenvalue weighted by molar-refractivity contribution is 5.89. The van der Waals surface area contributed by atoms with Crippen LogP contribution in [-0.2, 0) is 27.8 Å². The van der Waals surface area contributed by atoms with E-state index in [1.807, 2.05) is 12.1 Å². The summed E-state index contributed by atoms with van der Waals surface area (Å²) in [6.45, 7) is 3.87. The Hall–Kier alpha value is -2.37. The lowest BCUT2D eigenvalue weighted by Gasteiger charge is -2.59. The highest BCUT2D eigenvalue weighted by Gasteiger charge is 2.70. The van der Waals surface area contributed by atoms with Crippen molar-refractivity contribution in [3.05, 3.63) is 59.2 Å². The third-order valence-corrected chi connectivity index (χ3v) is 8.96. The second-order valence-electron chi connectivity index (χ2n) is 11.0. The predicted octanol–water partition coefficient (Wildman–Crippen LogP) is 4.43. The monoisotopic (exact) mass is 461 g/mol. The smallest absolute Gasteiger partial charge is 0.174 e. The van der Waals surface area contributed by atoms with Crippen LogP contribution in [0.5, 0.6) is 11.5 Å². The molecule has 0 aromatic heterocycles. The fourth-order valence-corrected chi connectivity index (χ4v) is 7.09. The molecular weight excluding hydrogens is 426 g/mol. The standard InChI is InChI=1S/C29H35NO4/c1-28-25-21-12-13-22(31)26(25)34-27(28)23(32)14-15-29(28,24(17-21)30(2)18-20-10-11-20)33-16-6-9-19-7-4-3-5-8-19/h3-5,7-8,12-13,20,24,27,31H,6,9-11,14-18H2,1-2H3/t24?,27-,28?,29+/m0/s1. The Morgan fingerprint density at radius 1 is 1.18 bits per heavy atom. The number of rotatable bonds is 8. The molecule has 0 saturated heterocycles. The Bertz CT molecular complexity index is 1100. The van der Waals surface area contributed by atoms with Crippen molar-refractivity contribution in [3.8, 4) is 11.5 Å². The fraction of sp³-hybridized carbons (Fsp3) is 0.552. The van der Waals surface area contributed by atoms with Crippen LogP contribution in [0.1, 0.15) is 55.7 Å². The van der Waals surface area contributed by atoms with E-state index in [0.717, 1.165) is 37.3 Å². The quantitative estimate of drug-likeness (QED) is 0.590. The summed E-state index contributed by atoms with van der Waals surface area (Å²) in [5.74, 6) is 1.52. The number of likely N-dealkylation sites (N-methyl/N-ethyl adjacent to an activating group) is 1. The number of aromatic hydroxyl groups is 1. The minimum Gasteiger partial charge on any atom is -0.504 e. The van der Waals surface area contributed by atoms with Crippen molar-refractivity contribution in [2.75, 3.05) is 20.2 Å². The van der Waals surface area contributed by atoms with E-state index in [-0.39, 0.29) is 17.6 Å². The molecule has 0 bridgehead atoms. The fourth-order valence-electron chi connectivity index (χ4n) is 7.09. The van der Waals surface area contributed by atoms with E-state index >= 15 is 0 Å². The van der Waals surface area contributed by atoms with Gasteiger partial charge in [0.05, 0.1) is 11.0 Å². The number of hydrogen-bond acceptors (Lipinski definition) is 5.